The maximum absolute atomic E-state index is 12.4. The van der Waals surface area contributed by atoms with Gasteiger partial charge in [-0.25, -0.2) is 8.42 Å². The second-order valence-electron chi connectivity index (χ2n) is 4.89. The first-order valence-corrected chi connectivity index (χ1v) is 9.44. The Balaban J connectivity index is 2.26. The first-order valence-electron chi connectivity index (χ1n) is 6.35. The van der Waals surface area contributed by atoms with Crippen molar-refractivity contribution in [1.82, 2.24) is 0 Å². The van der Waals surface area contributed by atoms with Gasteiger partial charge in [-0.2, -0.15) is 0 Å². The van der Waals surface area contributed by atoms with E-state index in [9.17, 15) is 8.42 Å². The lowest BCUT2D eigenvalue weighted by atomic mass is 10.0. The molecule has 0 radical (unpaired) electrons. The predicted molar refractivity (Wildman–Crippen MR) is 89.3 cm³/mol. The Bertz CT molecular complexity index is 721. The molecule has 0 bridgehead atoms. The van der Waals surface area contributed by atoms with Gasteiger partial charge in [0.2, 0.25) is 0 Å². The first kappa shape index (κ1) is 16.5. The summed E-state index contributed by atoms with van der Waals surface area (Å²) in [5.41, 5.74) is 1.67. The van der Waals surface area contributed by atoms with Crippen LogP contribution in [0, 0.1) is 0 Å². The molecule has 0 aliphatic rings. The summed E-state index contributed by atoms with van der Waals surface area (Å²) in [7, 11) is -3.66. The molecule has 1 aromatic heterocycles. The third kappa shape index (κ3) is 3.85. The summed E-state index contributed by atoms with van der Waals surface area (Å²) in [6, 6.07) is 8.79. The summed E-state index contributed by atoms with van der Waals surface area (Å²) >= 11 is 4.43. The molecule has 0 spiro atoms. The Morgan fingerprint density at radius 3 is 2.38 bits per heavy atom. The van der Waals surface area contributed by atoms with Crippen molar-refractivity contribution in [3.8, 4) is 0 Å². The van der Waals surface area contributed by atoms with Gasteiger partial charge in [0.1, 0.15) is 4.90 Å². The van der Waals surface area contributed by atoms with Crippen LogP contribution in [0.5, 0.6) is 0 Å². The average molecular weight is 390 g/mol. The highest BCUT2D eigenvalue weighted by Gasteiger charge is 2.21. The molecule has 2 aromatic rings. The molecule has 0 unspecified atom stereocenters. The normalized spacial score (nSPS) is 11.9. The minimum atomic E-state index is -3.66. The maximum atomic E-state index is 12.4. The number of hydrogen-bond acceptors (Lipinski definition) is 4. The highest BCUT2D eigenvalue weighted by Crippen LogP contribution is 2.33. The van der Waals surface area contributed by atoms with Crippen LogP contribution in [0.2, 0.25) is 0 Å². The van der Waals surface area contributed by atoms with E-state index in [0.29, 0.717) is 20.3 Å². The Labute approximate surface area is 137 Å². The zero-order valence-corrected chi connectivity index (χ0v) is 14.8. The van der Waals surface area contributed by atoms with Gasteiger partial charge in [-0.3, -0.25) is 4.72 Å². The van der Waals surface area contributed by atoms with Crippen LogP contribution in [0.15, 0.2) is 39.0 Å². The molecule has 4 nitrogen and oxygen atoms in total. The Hall–Kier alpha value is -0.890. The molecule has 0 amide bonds. The summed E-state index contributed by atoms with van der Waals surface area (Å²) in [5.74, 6) is 0.397. The Morgan fingerprint density at radius 1 is 1.29 bits per heavy atom. The van der Waals surface area contributed by atoms with Crippen molar-refractivity contribution in [2.75, 3.05) is 4.72 Å². The van der Waals surface area contributed by atoms with Gasteiger partial charge < -0.3 is 5.11 Å². The van der Waals surface area contributed by atoms with E-state index in [2.05, 4.69) is 34.5 Å². The lowest BCUT2D eigenvalue weighted by Gasteiger charge is -2.09. The molecular weight excluding hydrogens is 374 g/mol. The van der Waals surface area contributed by atoms with Crippen LogP contribution < -0.4 is 4.72 Å². The Morgan fingerprint density at radius 2 is 1.90 bits per heavy atom. The zero-order valence-electron chi connectivity index (χ0n) is 11.6. The topological polar surface area (TPSA) is 66.4 Å². The lowest BCUT2D eigenvalue weighted by molar-refractivity contribution is 0.285. The van der Waals surface area contributed by atoms with E-state index >= 15 is 0 Å². The molecule has 1 heterocycles. The number of halogens is 1. The molecule has 21 heavy (non-hydrogen) atoms. The molecular formula is C14H16BrNO3S2. The van der Waals surface area contributed by atoms with Crippen molar-refractivity contribution in [2.45, 2.75) is 31.3 Å². The zero-order chi connectivity index (χ0) is 15.6. The molecule has 114 valence electrons. The fourth-order valence-electron chi connectivity index (χ4n) is 1.81. The average Bonchev–Trinajstić information content (AvgIpc) is 2.81. The van der Waals surface area contributed by atoms with E-state index in [1.807, 2.05) is 12.1 Å². The van der Waals surface area contributed by atoms with Crippen molar-refractivity contribution >= 4 is 43.0 Å². The number of aliphatic hydroxyl groups is 1. The summed E-state index contributed by atoms with van der Waals surface area (Å²) in [6.45, 7) is 3.98. The van der Waals surface area contributed by atoms with Crippen LogP contribution in [0.1, 0.15) is 30.2 Å². The number of nitrogens with one attached hydrogen (secondary N) is 1. The van der Waals surface area contributed by atoms with Crippen LogP contribution in [-0.2, 0) is 16.6 Å². The summed E-state index contributed by atoms with van der Waals surface area (Å²) < 4.78 is 27.7. The predicted octanol–water partition coefficient (Wildman–Crippen LogP) is 3.93. The fraction of sp³-hybridized carbons (Fsp3) is 0.286. The van der Waals surface area contributed by atoms with E-state index in [1.54, 1.807) is 12.1 Å². The molecule has 2 N–H and O–H groups in total. The quantitative estimate of drug-likeness (QED) is 0.813. The molecule has 0 saturated heterocycles. The maximum Gasteiger partial charge on any atom is 0.263 e. The summed E-state index contributed by atoms with van der Waals surface area (Å²) in [6.07, 6.45) is 0. The number of benzene rings is 1. The van der Waals surface area contributed by atoms with Gasteiger partial charge in [0.05, 0.1) is 10.4 Å². The fourth-order valence-corrected chi connectivity index (χ4v) is 5.41. The molecule has 0 aliphatic carbocycles. The van der Waals surface area contributed by atoms with Crippen LogP contribution in [0.3, 0.4) is 0 Å². The van der Waals surface area contributed by atoms with Gasteiger partial charge in [-0.1, -0.05) is 26.0 Å². The highest BCUT2D eigenvalue weighted by atomic mass is 79.9. The third-order valence-corrected chi connectivity index (χ3v) is 6.60. The van der Waals surface area contributed by atoms with Gasteiger partial charge in [-0.15, -0.1) is 11.3 Å². The highest BCUT2D eigenvalue weighted by molar-refractivity contribution is 9.11. The largest absolute Gasteiger partial charge is 0.391 e. The van der Waals surface area contributed by atoms with Gasteiger partial charge in [-0.05, 0) is 45.6 Å². The van der Waals surface area contributed by atoms with Crippen molar-refractivity contribution < 1.29 is 13.5 Å². The molecule has 0 aliphatic heterocycles. The van der Waals surface area contributed by atoms with Crippen LogP contribution in [0.4, 0.5) is 5.69 Å². The van der Waals surface area contributed by atoms with Crippen LogP contribution >= 0.6 is 27.3 Å². The monoisotopic (exact) mass is 389 g/mol. The summed E-state index contributed by atoms with van der Waals surface area (Å²) in [5, 5.41) is 9.09. The number of thiophene rings is 1. The molecule has 0 atom stereocenters. The molecule has 1 aromatic carbocycles. The van der Waals surface area contributed by atoms with E-state index in [4.69, 9.17) is 5.11 Å². The lowest BCUT2D eigenvalue weighted by Crippen LogP contribution is -2.12. The Kier molecular flexibility index (Phi) is 5.08. The summed E-state index contributed by atoms with van der Waals surface area (Å²) in [4.78, 5) is 0.738. The minimum absolute atomic E-state index is 0.143. The standard InChI is InChI=1S/C14H16BrNO3S2/c1-9(2)10-3-5-11(6-4-10)16-21(18,19)13-7-12(8-17)20-14(13)15/h3-7,9,16-17H,8H2,1-2H3. The number of sulfonamides is 1. The molecule has 2 rings (SSSR count). The van der Waals surface area contributed by atoms with Crippen molar-refractivity contribution in [3.05, 3.63) is 44.6 Å². The molecule has 7 heteroatoms. The smallest absolute Gasteiger partial charge is 0.263 e. The second-order valence-corrected chi connectivity index (χ2v) is 9.00. The van der Waals surface area contributed by atoms with Crippen LogP contribution in [0.25, 0.3) is 0 Å². The van der Waals surface area contributed by atoms with E-state index in [1.165, 1.54) is 17.4 Å². The number of rotatable bonds is 5. The van der Waals surface area contributed by atoms with Gasteiger partial charge in [0.25, 0.3) is 10.0 Å². The minimum Gasteiger partial charge on any atom is -0.391 e. The number of hydrogen-bond donors (Lipinski definition) is 2. The van der Waals surface area contributed by atoms with Gasteiger partial charge in [0, 0.05) is 10.6 Å². The molecule has 0 saturated carbocycles. The van der Waals surface area contributed by atoms with Crippen molar-refractivity contribution in [1.29, 1.82) is 0 Å². The number of aliphatic hydroxyl groups excluding tert-OH is 1. The van der Waals surface area contributed by atoms with Crippen molar-refractivity contribution in [2.24, 2.45) is 0 Å². The third-order valence-electron chi connectivity index (χ3n) is 2.98. The SMILES string of the molecule is CC(C)c1ccc(NS(=O)(=O)c2cc(CO)sc2Br)cc1. The van der Waals surface area contributed by atoms with E-state index < -0.39 is 10.0 Å². The second kappa shape index (κ2) is 6.48. The van der Waals surface area contributed by atoms with E-state index in [-0.39, 0.29) is 11.5 Å². The first-order chi connectivity index (χ1) is 9.83. The van der Waals surface area contributed by atoms with Crippen molar-refractivity contribution in [3.63, 3.8) is 0 Å². The van der Waals surface area contributed by atoms with Gasteiger partial charge >= 0.3 is 0 Å². The van der Waals surface area contributed by atoms with E-state index in [0.717, 1.165) is 5.56 Å². The number of anilines is 1. The van der Waals surface area contributed by atoms with Gasteiger partial charge in [0.15, 0.2) is 0 Å². The molecule has 0 fully saturated rings. The van der Waals surface area contributed by atoms with Crippen LogP contribution in [-0.4, -0.2) is 13.5 Å².